The quantitative estimate of drug-likeness (QED) is 0.796. The molecule has 15 heavy (non-hydrogen) atoms. The molecule has 0 heterocycles. The molecule has 1 rings (SSSR count). The smallest absolute Gasteiger partial charge is 0.124 e. The number of benzene rings is 1. The third kappa shape index (κ3) is 2.49. The minimum Gasteiger partial charge on any atom is -0.496 e. The first-order valence-electron chi connectivity index (χ1n) is 5.06. The lowest BCUT2D eigenvalue weighted by molar-refractivity contribution is 0.162. The Labute approximate surface area is 90.9 Å². The lowest BCUT2D eigenvalue weighted by Gasteiger charge is -2.19. The second-order valence-electron chi connectivity index (χ2n) is 3.94. The summed E-state index contributed by atoms with van der Waals surface area (Å²) in [4.78, 5) is 0. The van der Waals surface area contributed by atoms with Gasteiger partial charge in [0.15, 0.2) is 0 Å². The maximum absolute atomic E-state index is 9.47. The zero-order chi connectivity index (χ0) is 11.6. The monoisotopic (exact) mass is 209 g/mol. The van der Waals surface area contributed by atoms with Gasteiger partial charge in [-0.05, 0) is 38.0 Å². The second kappa shape index (κ2) is 4.64. The first kappa shape index (κ1) is 12.0. The summed E-state index contributed by atoms with van der Waals surface area (Å²) in [6.07, 6.45) is -0.582. The zero-order valence-corrected chi connectivity index (χ0v) is 9.74. The van der Waals surface area contributed by atoms with Crippen molar-refractivity contribution in [3.05, 3.63) is 28.8 Å². The van der Waals surface area contributed by atoms with Gasteiger partial charge in [0, 0.05) is 5.56 Å². The van der Waals surface area contributed by atoms with Crippen LogP contribution in [0.5, 0.6) is 5.75 Å². The number of methoxy groups -OCH3 is 1. The van der Waals surface area contributed by atoms with Crippen molar-refractivity contribution >= 4 is 0 Å². The Morgan fingerprint density at radius 3 is 2.27 bits per heavy atom. The van der Waals surface area contributed by atoms with Crippen LogP contribution >= 0.6 is 0 Å². The van der Waals surface area contributed by atoms with Gasteiger partial charge in [0.25, 0.3) is 0 Å². The third-order valence-electron chi connectivity index (χ3n) is 2.72. The minimum absolute atomic E-state index is 0.403. The second-order valence-corrected chi connectivity index (χ2v) is 3.94. The van der Waals surface area contributed by atoms with E-state index in [0.29, 0.717) is 0 Å². The molecule has 3 nitrogen and oxygen atoms in total. The highest BCUT2D eigenvalue weighted by atomic mass is 16.5. The summed E-state index contributed by atoms with van der Waals surface area (Å²) in [7, 11) is 1.61. The van der Waals surface area contributed by atoms with E-state index in [-0.39, 0.29) is 0 Å². The van der Waals surface area contributed by atoms with E-state index in [1.54, 1.807) is 14.0 Å². The molecule has 0 radical (unpaired) electrons. The van der Waals surface area contributed by atoms with Gasteiger partial charge in [-0.25, -0.2) is 0 Å². The molecule has 3 heteroatoms. The SMILES string of the molecule is COc1cc(C)c(C)cc1C(N)C(C)O. The Balaban J connectivity index is 3.21. The average Bonchev–Trinajstić information content (AvgIpc) is 2.20. The van der Waals surface area contributed by atoms with Crippen LogP contribution in [0.3, 0.4) is 0 Å². The predicted octanol–water partition coefficient (Wildman–Crippen LogP) is 1.69. The molecule has 0 fully saturated rings. The van der Waals surface area contributed by atoms with E-state index in [1.807, 2.05) is 26.0 Å². The fourth-order valence-corrected chi connectivity index (χ4v) is 1.51. The van der Waals surface area contributed by atoms with Crippen LogP contribution in [0.4, 0.5) is 0 Å². The van der Waals surface area contributed by atoms with E-state index in [0.717, 1.165) is 22.4 Å². The Morgan fingerprint density at radius 1 is 1.27 bits per heavy atom. The van der Waals surface area contributed by atoms with Crippen molar-refractivity contribution in [1.82, 2.24) is 0 Å². The summed E-state index contributed by atoms with van der Waals surface area (Å²) < 4.78 is 5.26. The van der Waals surface area contributed by atoms with Crippen LogP contribution in [-0.4, -0.2) is 18.3 Å². The molecule has 1 aromatic carbocycles. The first-order chi connectivity index (χ1) is 6.97. The molecule has 3 N–H and O–H groups in total. The van der Waals surface area contributed by atoms with E-state index >= 15 is 0 Å². The molecule has 0 aliphatic carbocycles. The number of ether oxygens (including phenoxy) is 1. The third-order valence-corrected chi connectivity index (χ3v) is 2.72. The van der Waals surface area contributed by atoms with Gasteiger partial charge in [-0.3, -0.25) is 0 Å². The van der Waals surface area contributed by atoms with E-state index in [2.05, 4.69) is 0 Å². The van der Waals surface area contributed by atoms with Crippen molar-refractivity contribution in [3.63, 3.8) is 0 Å². The number of rotatable bonds is 3. The number of aliphatic hydroxyl groups is 1. The van der Waals surface area contributed by atoms with Crippen molar-refractivity contribution in [1.29, 1.82) is 0 Å². The molecule has 0 aliphatic rings. The van der Waals surface area contributed by atoms with E-state index in [1.165, 1.54) is 0 Å². The Bertz CT molecular complexity index is 348. The van der Waals surface area contributed by atoms with Gasteiger partial charge in [-0.1, -0.05) is 6.07 Å². The summed E-state index contributed by atoms with van der Waals surface area (Å²) in [5, 5.41) is 9.47. The highest BCUT2D eigenvalue weighted by Crippen LogP contribution is 2.28. The van der Waals surface area contributed by atoms with Crippen molar-refractivity contribution in [3.8, 4) is 5.75 Å². The van der Waals surface area contributed by atoms with Gasteiger partial charge in [0.05, 0.1) is 19.3 Å². The zero-order valence-electron chi connectivity index (χ0n) is 9.74. The minimum atomic E-state index is -0.582. The molecule has 0 saturated carbocycles. The van der Waals surface area contributed by atoms with Crippen LogP contribution in [-0.2, 0) is 0 Å². The van der Waals surface area contributed by atoms with Crippen LogP contribution in [0.15, 0.2) is 12.1 Å². The molecule has 0 saturated heterocycles. The van der Waals surface area contributed by atoms with Gasteiger partial charge < -0.3 is 15.6 Å². The molecule has 0 aliphatic heterocycles. The molecular formula is C12H19NO2. The van der Waals surface area contributed by atoms with Crippen LogP contribution in [0.1, 0.15) is 29.7 Å². The standard InChI is InChI=1S/C12H19NO2/c1-7-5-10(12(13)9(3)14)11(15-4)6-8(7)2/h5-6,9,12,14H,13H2,1-4H3. The summed E-state index contributed by atoms with van der Waals surface area (Å²) >= 11 is 0. The summed E-state index contributed by atoms with van der Waals surface area (Å²) in [6.45, 7) is 5.72. The molecule has 0 spiro atoms. The topological polar surface area (TPSA) is 55.5 Å². The van der Waals surface area contributed by atoms with E-state index in [9.17, 15) is 5.11 Å². The molecule has 1 aromatic rings. The summed E-state index contributed by atoms with van der Waals surface area (Å²) in [6, 6.07) is 3.53. The molecule has 0 aromatic heterocycles. The molecular weight excluding hydrogens is 190 g/mol. The maximum atomic E-state index is 9.47. The van der Waals surface area contributed by atoms with E-state index < -0.39 is 12.1 Å². The Morgan fingerprint density at radius 2 is 1.80 bits per heavy atom. The number of hydrogen-bond donors (Lipinski definition) is 2. The molecule has 2 unspecified atom stereocenters. The number of aliphatic hydroxyl groups excluding tert-OH is 1. The highest BCUT2D eigenvalue weighted by Gasteiger charge is 2.17. The normalized spacial score (nSPS) is 14.8. The molecule has 0 bridgehead atoms. The van der Waals surface area contributed by atoms with E-state index in [4.69, 9.17) is 10.5 Å². The van der Waals surface area contributed by atoms with Crippen LogP contribution < -0.4 is 10.5 Å². The van der Waals surface area contributed by atoms with Crippen molar-refractivity contribution < 1.29 is 9.84 Å². The predicted molar refractivity (Wildman–Crippen MR) is 61.1 cm³/mol. The number of hydrogen-bond acceptors (Lipinski definition) is 3. The summed E-state index contributed by atoms with van der Waals surface area (Å²) in [5.41, 5.74) is 9.08. The van der Waals surface area contributed by atoms with Gasteiger partial charge in [0.2, 0.25) is 0 Å². The lowest BCUT2D eigenvalue weighted by atomic mass is 9.97. The summed E-state index contributed by atoms with van der Waals surface area (Å²) in [5.74, 6) is 0.742. The Hall–Kier alpha value is -1.06. The van der Waals surface area contributed by atoms with Gasteiger partial charge in [-0.15, -0.1) is 0 Å². The van der Waals surface area contributed by atoms with Gasteiger partial charge >= 0.3 is 0 Å². The molecule has 2 atom stereocenters. The molecule has 84 valence electrons. The Kier molecular flexibility index (Phi) is 3.72. The lowest BCUT2D eigenvalue weighted by Crippen LogP contribution is -2.23. The van der Waals surface area contributed by atoms with Crippen molar-refractivity contribution in [2.45, 2.75) is 32.9 Å². The van der Waals surface area contributed by atoms with Crippen LogP contribution in [0.25, 0.3) is 0 Å². The largest absolute Gasteiger partial charge is 0.496 e. The number of nitrogens with two attached hydrogens (primary N) is 1. The average molecular weight is 209 g/mol. The van der Waals surface area contributed by atoms with Crippen molar-refractivity contribution in [2.75, 3.05) is 7.11 Å². The first-order valence-corrected chi connectivity index (χ1v) is 5.06. The fraction of sp³-hybridized carbons (Fsp3) is 0.500. The van der Waals surface area contributed by atoms with Crippen LogP contribution in [0.2, 0.25) is 0 Å². The van der Waals surface area contributed by atoms with Crippen molar-refractivity contribution in [2.24, 2.45) is 5.73 Å². The highest BCUT2D eigenvalue weighted by molar-refractivity contribution is 5.43. The van der Waals surface area contributed by atoms with Crippen LogP contribution in [0, 0.1) is 13.8 Å². The maximum Gasteiger partial charge on any atom is 0.124 e. The van der Waals surface area contributed by atoms with Gasteiger partial charge in [0.1, 0.15) is 5.75 Å². The number of aryl methyl sites for hydroxylation is 2. The van der Waals surface area contributed by atoms with Gasteiger partial charge in [-0.2, -0.15) is 0 Å². The molecule has 0 amide bonds. The fourth-order valence-electron chi connectivity index (χ4n) is 1.51.